The first-order valence-electron chi connectivity index (χ1n) is 10.8. The van der Waals surface area contributed by atoms with E-state index in [1.54, 1.807) is 12.1 Å². The minimum absolute atomic E-state index is 0.0128. The average Bonchev–Trinajstić information content (AvgIpc) is 3.06. The van der Waals surface area contributed by atoms with Crippen molar-refractivity contribution in [3.05, 3.63) is 35.1 Å². The van der Waals surface area contributed by atoms with Gasteiger partial charge in [0.2, 0.25) is 0 Å². The van der Waals surface area contributed by atoms with E-state index in [9.17, 15) is 19.8 Å². The van der Waals surface area contributed by atoms with Crippen molar-refractivity contribution in [2.45, 2.75) is 75.2 Å². The quantitative estimate of drug-likeness (QED) is 0.616. The largest absolute Gasteiger partial charge is 0.504 e. The molecule has 1 fully saturated rings. The van der Waals surface area contributed by atoms with Crippen LogP contribution in [0.2, 0.25) is 0 Å². The SMILES string of the molecule is C[C@H](N)C(=O)O[C@@H](C)C(=O)OC1=CC[C@@]2(O)[C@@H]3CCC[C@@]24c2c(ccc(O)c2O[C@@H]14)C3. The molecular weight excluding hydrogens is 402 g/mol. The number of rotatable bonds is 4. The molecule has 166 valence electrons. The molecule has 8 heteroatoms. The van der Waals surface area contributed by atoms with Crippen molar-refractivity contribution in [2.24, 2.45) is 11.7 Å². The third kappa shape index (κ3) is 2.61. The van der Waals surface area contributed by atoms with Crippen molar-refractivity contribution in [1.29, 1.82) is 0 Å². The Hall–Kier alpha value is -2.58. The van der Waals surface area contributed by atoms with Gasteiger partial charge in [0.1, 0.15) is 11.8 Å². The molecule has 1 saturated carbocycles. The van der Waals surface area contributed by atoms with E-state index in [2.05, 4.69) is 0 Å². The monoisotopic (exact) mass is 429 g/mol. The fraction of sp³-hybridized carbons (Fsp3) is 0.565. The van der Waals surface area contributed by atoms with Crippen LogP contribution in [-0.4, -0.2) is 46.0 Å². The highest BCUT2D eigenvalue weighted by atomic mass is 16.6. The van der Waals surface area contributed by atoms with Crippen LogP contribution < -0.4 is 10.5 Å². The van der Waals surface area contributed by atoms with E-state index in [0.29, 0.717) is 18.6 Å². The minimum atomic E-state index is -1.14. The van der Waals surface area contributed by atoms with Crippen molar-refractivity contribution in [2.75, 3.05) is 0 Å². The lowest BCUT2D eigenvalue weighted by Gasteiger charge is -2.59. The van der Waals surface area contributed by atoms with Crippen LogP contribution in [0.25, 0.3) is 0 Å². The minimum Gasteiger partial charge on any atom is -0.504 e. The number of nitrogens with two attached hydrogens (primary N) is 1. The molecule has 8 nitrogen and oxygen atoms in total. The highest BCUT2D eigenvalue weighted by Gasteiger charge is 2.70. The topological polar surface area (TPSA) is 128 Å². The fourth-order valence-corrected chi connectivity index (χ4v) is 6.06. The van der Waals surface area contributed by atoms with Crippen LogP contribution in [0.1, 0.15) is 50.7 Å². The van der Waals surface area contributed by atoms with Crippen molar-refractivity contribution >= 4 is 11.9 Å². The molecule has 1 spiro atoms. The smallest absolute Gasteiger partial charge is 0.352 e. The molecule has 1 aromatic carbocycles. The van der Waals surface area contributed by atoms with Crippen molar-refractivity contribution in [1.82, 2.24) is 0 Å². The summed E-state index contributed by atoms with van der Waals surface area (Å²) in [7, 11) is 0. The van der Waals surface area contributed by atoms with Crippen molar-refractivity contribution in [3.63, 3.8) is 0 Å². The highest BCUT2D eigenvalue weighted by molar-refractivity contribution is 5.82. The number of carbonyl (C=O) groups is 2. The van der Waals surface area contributed by atoms with Crippen LogP contribution in [0.3, 0.4) is 0 Å². The van der Waals surface area contributed by atoms with Crippen LogP contribution in [0, 0.1) is 5.92 Å². The van der Waals surface area contributed by atoms with Crippen molar-refractivity contribution < 1.29 is 34.0 Å². The molecule has 1 aliphatic heterocycles. The third-order valence-corrected chi connectivity index (χ3v) is 7.48. The van der Waals surface area contributed by atoms with Gasteiger partial charge in [-0.3, -0.25) is 4.79 Å². The molecule has 0 aromatic heterocycles. The number of hydrogen-bond acceptors (Lipinski definition) is 8. The Morgan fingerprint density at radius 2 is 2.06 bits per heavy atom. The van der Waals surface area contributed by atoms with Gasteiger partial charge in [0.05, 0.1) is 11.0 Å². The molecule has 0 saturated heterocycles. The van der Waals surface area contributed by atoms with Gasteiger partial charge in [-0.1, -0.05) is 12.5 Å². The lowest BCUT2D eigenvalue weighted by Crippen LogP contribution is -2.67. The molecule has 3 aliphatic carbocycles. The summed E-state index contributed by atoms with van der Waals surface area (Å²) in [4.78, 5) is 24.4. The maximum atomic E-state index is 12.7. The van der Waals surface area contributed by atoms with Gasteiger partial charge in [-0.05, 0) is 63.2 Å². The Morgan fingerprint density at radius 3 is 2.81 bits per heavy atom. The van der Waals surface area contributed by atoms with Gasteiger partial charge in [0.25, 0.3) is 0 Å². The second-order valence-electron chi connectivity index (χ2n) is 9.23. The lowest BCUT2D eigenvalue weighted by molar-refractivity contribution is -0.171. The molecule has 6 atom stereocenters. The van der Waals surface area contributed by atoms with E-state index in [1.807, 2.05) is 6.07 Å². The molecule has 0 amide bonds. The van der Waals surface area contributed by atoms with Gasteiger partial charge in [-0.25, -0.2) is 4.79 Å². The van der Waals surface area contributed by atoms with Gasteiger partial charge in [-0.2, -0.15) is 0 Å². The summed E-state index contributed by atoms with van der Waals surface area (Å²) in [6.07, 6.45) is 3.35. The van der Waals surface area contributed by atoms with Gasteiger partial charge in [-0.15, -0.1) is 0 Å². The normalized spacial score (nSPS) is 34.0. The summed E-state index contributed by atoms with van der Waals surface area (Å²) in [5.41, 5.74) is 5.58. The van der Waals surface area contributed by atoms with Gasteiger partial charge >= 0.3 is 11.9 Å². The first-order valence-corrected chi connectivity index (χ1v) is 10.8. The number of aliphatic hydroxyl groups is 1. The van der Waals surface area contributed by atoms with E-state index >= 15 is 0 Å². The summed E-state index contributed by atoms with van der Waals surface area (Å²) >= 11 is 0. The average molecular weight is 429 g/mol. The first-order chi connectivity index (χ1) is 14.7. The van der Waals surface area contributed by atoms with Crippen molar-refractivity contribution in [3.8, 4) is 11.5 Å². The zero-order chi connectivity index (χ0) is 22.1. The Balaban J connectivity index is 1.51. The van der Waals surface area contributed by atoms with Crippen LogP contribution >= 0.6 is 0 Å². The van der Waals surface area contributed by atoms with Gasteiger partial charge < -0.3 is 30.2 Å². The summed E-state index contributed by atoms with van der Waals surface area (Å²) < 4.78 is 16.9. The standard InChI is InChI=1S/C23H27NO7/c1-11(24)20(26)29-12(2)21(27)30-16-7-9-23(28)14-4-3-8-22(23)17-13(10-14)5-6-15(25)18(17)31-19(16)22/h5-7,11-12,14,19,25,28H,3-4,8-10,24H2,1-2H3/t11-,12-,14+,19-,22-,23+/m0/s1. The number of ether oxygens (including phenoxy) is 3. The maximum absolute atomic E-state index is 12.7. The second-order valence-corrected chi connectivity index (χ2v) is 9.23. The molecule has 0 radical (unpaired) electrons. The predicted molar refractivity (Wildman–Crippen MR) is 108 cm³/mol. The molecule has 1 aromatic rings. The number of phenolic OH excluding ortho intramolecular Hbond substituents is 1. The number of aromatic hydroxyl groups is 1. The Bertz CT molecular complexity index is 1000. The van der Waals surface area contributed by atoms with Gasteiger partial charge in [0.15, 0.2) is 23.7 Å². The van der Waals surface area contributed by atoms with Crippen LogP contribution in [0.4, 0.5) is 0 Å². The summed E-state index contributed by atoms with van der Waals surface area (Å²) in [6.45, 7) is 2.90. The summed E-state index contributed by atoms with van der Waals surface area (Å²) in [5, 5.41) is 22.4. The summed E-state index contributed by atoms with van der Waals surface area (Å²) in [5.74, 6) is -0.719. The molecule has 1 heterocycles. The van der Waals surface area contributed by atoms with E-state index in [4.69, 9.17) is 19.9 Å². The number of hydrogen-bond donors (Lipinski definition) is 3. The Labute approximate surface area is 180 Å². The molecule has 31 heavy (non-hydrogen) atoms. The zero-order valence-electron chi connectivity index (χ0n) is 17.6. The van der Waals surface area contributed by atoms with E-state index in [1.165, 1.54) is 13.8 Å². The number of carbonyl (C=O) groups excluding carboxylic acids is 2. The maximum Gasteiger partial charge on any atom is 0.352 e. The molecule has 0 unspecified atom stereocenters. The van der Waals surface area contributed by atoms with E-state index < -0.39 is 41.2 Å². The van der Waals surface area contributed by atoms with Crippen LogP contribution in [-0.2, 0) is 30.9 Å². The van der Waals surface area contributed by atoms with Crippen LogP contribution in [0.15, 0.2) is 24.0 Å². The predicted octanol–water partition coefficient (Wildman–Crippen LogP) is 1.59. The molecule has 4 aliphatic rings. The Morgan fingerprint density at radius 1 is 1.29 bits per heavy atom. The van der Waals surface area contributed by atoms with E-state index in [-0.39, 0.29) is 17.4 Å². The Kier molecular flexibility index (Phi) is 4.40. The first kappa shape index (κ1) is 20.3. The van der Waals surface area contributed by atoms with E-state index in [0.717, 1.165) is 30.4 Å². The second kappa shape index (κ2) is 6.71. The molecule has 5 rings (SSSR count). The highest BCUT2D eigenvalue weighted by Crippen LogP contribution is 2.67. The number of esters is 2. The lowest BCUT2D eigenvalue weighted by atomic mass is 9.47. The number of benzene rings is 1. The molecule has 4 N–H and O–H groups in total. The summed E-state index contributed by atoms with van der Waals surface area (Å²) in [6, 6.07) is 2.67. The van der Waals surface area contributed by atoms with Gasteiger partial charge in [0, 0.05) is 5.56 Å². The molecule has 2 bridgehead atoms. The number of phenols is 1. The molecular formula is C23H27NO7. The third-order valence-electron chi connectivity index (χ3n) is 7.48. The zero-order valence-corrected chi connectivity index (χ0v) is 17.6. The van der Waals surface area contributed by atoms with Crippen LogP contribution in [0.5, 0.6) is 11.5 Å². The fourth-order valence-electron chi connectivity index (χ4n) is 6.06.